The maximum atomic E-state index is 12.5. The Morgan fingerprint density at radius 1 is 1.26 bits per heavy atom. The van der Waals surface area contributed by atoms with Crippen molar-refractivity contribution in [2.24, 2.45) is 11.8 Å². The molecule has 2 unspecified atom stereocenters. The summed E-state index contributed by atoms with van der Waals surface area (Å²) in [5, 5.41) is 0. The summed E-state index contributed by atoms with van der Waals surface area (Å²) in [6.45, 7) is 5.27. The van der Waals surface area contributed by atoms with Gasteiger partial charge in [0, 0.05) is 13.1 Å². The van der Waals surface area contributed by atoms with E-state index in [1.807, 2.05) is 0 Å². The van der Waals surface area contributed by atoms with E-state index in [4.69, 9.17) is 10.5 Å². The standard InChI is InChI=1S/C13H20N2O3S/c1-9-7-15(8-10(9)2)19(16,17)11-4-5-13(18-3)12(14)6-11/h4-6,9-10H,7-8,14H2,1-3H3. The number of nitrogens with zero attached hydrogens (tertiary/aromatic N) is 1. The van der Waals surface area contributed by atoms with Crippen LogP contribution in [0, 0.1) is 11.8 Å². The van der Waals surface area contributed by atoms with E-state index in [9.17, 15) is 8.42 Å². The molecule has 0 saturated carbocycles. The van der Waals surface area contributed by atoms with Gasteiger partial charge in [-0.15, -0.1) is 0 Å². The number of nitrogen functional groups attached to an aromatic ring is 1. The molecule has 2 N–H and O–H groups in total. The zero-order chi connectivity index (χ0) is 14.2. The van der Waals surface area contributed by atoms with E-state index in [0.717, 1.165) is 0 Å². The van der Waals surface area contributed by atoms with E-state index < -0.39 is 10.0 Å². The number of hydrogen-bond acceptors (Lipinski definition) is 4. The van der Waals surface area contributed by atoms with Gasteiger partial charge in [0.2, 0.25) is 10.0 Å². The zero-order valence-electron chi connectivity index (χ0n) is 11.5. The zero-order valence-corrected chi connectivity index (χ0v) is 12.3. The van der Waals surface area contributed by atoms with E-state index >= 15 is 0 Å². The maximum absolute atomic E-state index is 12.5. The van der Waals surface area contributed by atoms with Crippen LogP contribution in [-0.4, -0.2) is 32.9 Å². The summed E-state index contributed by atoms with van der Waals surface area (Å²) in [7, 11) is -1.95. The van der Waals surface area contributed by atoms with Crippen molar-refractivity contribution in [2.75, 3.05) is 25.9 Å². The molecule has 1 aliphatic rings. The summed E-state index contributed by atoms with van der Waals surface area (Å²) in [5.41, 5.74) is 6.11. The van der Waals surface area contributed by atoms with Crippen LogP contribution in [0.25, 0.3) is 0 Å². The Morgan fingerprint density at radius 3 is 2.32 bits per heavy atom. The number of anilines is 1. The van der Waals surface area contributed by atoms with Gasteiger partial charge in [-0.3, -0.25) is 0 Å². The second-order valence-electron chi connectivity index (χ2n) is 5.18. The molecule has 2 atom stereocenters. The van der Waals surface area contributed by atoms with Gasteiger partial charge in [-0.1, -0.05) is 13.8 Å². The molecule has 106 valence electrons. The van der Waals surface area contributed by atoms with Crippen LogP contribution in [0.3, 0.4) is 0 Å². The fourth-order valence-corrected chi connectivity index (χ4v) is 3.97. The molecule has 1 aromatic rings. The van der Waals surface area contributed by atoms with Crippen LogP contribution in [0.2, 0.25) is 0 Å². The normalized spacial score (nSPS) is 24.6. The molecule has 1 fully saturated rings. The Bertz CT molecular complexity index is 561. The van der Waals surface area contributed by atoms with E-state index in [2.05, 4.69) is 13.8 Å². The molecule has 2 rings (SSSR count). The Hall–Kier alpha value is -1.27. The molecule has 19 heavy (non-hydrogen) atoms. The van der Waals surface area contributed by atoms with Crippen LogP contribution in [0.15, 0.2) is 23.1 Å². The summed E-state index contributed by atoms with van der Waals surface area (Å²) in [6, 6.07) is 4.59. The number of nitrogens with two attached hydrogens (primary N) is 1. The van der Waals surface area contributed by atoms with Crippen LogP contribution in [0.1, 0.15) is 13.8 Å². The predicted octanol–water partition coefficient (Wildman–Crippen LogP) is 1.55. The summed E-state index contributed by atoms with van der Waals surface area (Å²) in [6.07, 6.45) is 0. The van der Waals surface area contributed by atoms with E-state index in [1.54, 1.807) is 6.07 Å². The third-order valence-corrected chi connectivity index (χ3v) is 5.62. The highest BCUT2D eigenvalue weighted by Crippen LogP contribution is 2.30. The minimum absolute atomic E-state index is 0.229. The quantitative estimate of drug-likeness (QED) is 0.855. The van der Waals surface area contributed by atoms with Crippen LogP contribution >= 0.6 is 0 Å². The van der Waals surface area contributed by atoms with Crippen molar-refractivity contribution < 1.29 is 13.2 Å². The lowest BCUT2D eigenvalue weighted by Gasteiger charge is -2.17. The van der Waals surface area contributed by atoms with Crippen molar-refractivity contribution in [3.05, 3.63) is 18.2 Å². The molecule has 6 heteroatoms. The van der Waals surface area contributed by atoms with Crippen LogP contribution in [0.4, 0.5) is 5.69 Å². The van der Waals surface area contributed by atoms with Crippen molar-refractivity contribution in [1.29, 1.82) is 0 Å². The Labute approximate surface area is 114 Å². The van der Waals surface area contributed by atoms with Crippen molar-refractivity contribution >= 4 is 15.7 Å². The molecule has 0 aliphatic carbocycles. The molecule has 0 spiro atoms. The topological polar surface area (TPSA) is 72.6 Å². The fourth-order valence-electron chi connectivity index (χ4n) is 2.30. The molecule has 1 saturated heterocycles. The van der Waals surface area contributed by atoms with Crippen molar-refractivity contribution in [1.82, 2.24) is 4.31 Å². The fraction of sp³-hybridized carbons (Fsp3) is 0.538. The van der Waals surface area contributed by atoms with Crippen molar-refractivity contribution in [3.63, 3.8) is 0 Å². The molecule has 1 heterocycles. The molecule has 0 bridgehead atoms. The SMILES string of the molecule is COc1ccc(S(=O)(=O)N2CC(C)C(C)C2)cc1N. The molecule has 0 radical (unpaired) electrons. The Kier molecular flexibility index (Phi) is 3.73. The van der Waals surface area contributed by atoms with Gasteiger partial charge in [-0.2, -0.15) is 4.31 Å². The van der Waals surface area contributed by atoms with E-state index in [-0.39, 0.29) is 4.90 Å². The van der Waals surface area contributed by atoms with E-state index in [1.165, 1.54) is 23.5 Å². The number of methoxy groups -OCH3 is 1. The number of sulfonamides is 1. The smallest absolute Gasteiger partial charge is 0.243 e. The monoisotopic (exact) mass is 284 g/mol. The molecule has 0 aromatic heterocycles. The largest absolute Gasteiger partial charge is 0.495 e. The number of hydrogen-bond donors (Lipinski definition) is 1. The van der Waals surface area contributed by atoms with Crippen LogP contribution in [-0.2, 0) is 10.0 Å². The lowest BCUT2D eigenvalue weighted by atomic mass is 10.0. The average molecular weight is 284 g/mol. The molecule has 0 amide bonds. The van der Waals surface area contributed by atoms with Crippen LogP contribution < -0.4 is 10.5 Å². The number of rotatable bonds is 3. The highest BCUT2D eigenvalue weighted by atomic mass is 32.2. The highest BCUT2D eigenvalue weighted by molar-refractivity contribution is 7.89. The predicted molar refractivity (Wildman–Crippen MR) is 74.5 cm³/mol. The van der Waals surface area contributed by atoms with Gasteiger partial charge in [-0.05, 0) is 30.0 Å². The third kappa shape index (κ3) is 2.55. The first-order valence-electron chi connectivity index (χ1n) is 6.30. The van der Waals surface area contributed by atoms with Gasteiger partial charge in [0.15, 0.2) is 0 Å². The second kappa shape index (κ2) is 5.02. The minimum atomic E-state index is -3.45. The molecule has 1 aliphatic heterocycles. The minimum Gasteiger partial charge on any atom is -0.495 e. The molecule has 5 nitrogen and oxygen atoms in total. The van der Waals surface area contributed by atoms with Gasteiger partial charge in [0.05, 0.1) is 17.7 Å². The first-order chi connectivity index (χ1) is 8.86. The number of ether oxygens (including phenoxy) is 1. The van der Waals surface area contributed by atoms with Gasteiger partial charge < -0.3 is 10.5 Å². The first-order valence-corrected chi connectivity index (χ1v) is 7.74. The van der Waals surface area contributed by atoms with E-state index in [0.29, 0.717) is 36.4 Å². The summed E-state index contributed by atoms with van der Waals surface area (Å²) >= 11 is 0. The van der Waals surface area contributed by atoms with Gasteiger partial charge in [-0.25, -0.2) is 8.42 Å². The molecular weight excluding hydrogens is 264 g/mol. The lowest BCUT2D eigenvalue weighted by molar-refractivity contribution is 0.416. The Morgan fingerprint density at radius 2 is 1.84 bits per heavy atom. The van der Waals surface area contributed by atoms with Crippen molar-refractivity contribution in [2.45, 2.75) is 18.7 Å². The first kappa shape index (κ1) is 14.1. The second-order valence-corrected chi connectivity index (χ2v) is 7.12. The maximum Gasteiger partial charge on any atom is 0.243 e. The van der Waals surface area contributed by atoms with Gasteiger partial charge in [0.1, 0.15) is 5.75 Å². The highest BCUT2D eigenvalue weighted by Gasteiger charge is 2.35. The van der Waals surface area contributed by atoms with Gasteiger partial charge >= 0.3 is 0 Å². The Balaban J connectivity index is 2.33. The average Bonchev–Trinajstić information content (AvgIpc) is 2.70. The van der Waals surface area contributed by atoms with Crippen molar-refractivity contribution in [3.8, 4) is 5.75 Å². The summed E-state index contributed by atoms with van der Waals surface area (Å²) in [5.74, 6) is 1.25. The third-order valence-electron chi connectivity index (χ3n) is 3.79. The molecular formula is C13H20N2O3S. The molecule has 1 aromatic carbocycles. The lowest BCUT2D eigenvalue weighted by Crippen LogP contribution is -2.29. The van der Waals surface area contributed by atoms with Gasteiger partial charge in [0.25, 0.3) is 0 Å². The summed E-state index contributed by atoms with van der Waals surface area (Å²) in [4.78, 5) is 0.229. The van der Waals surface area contributed by atoms with Crippen LogP contribution in [0.5, 0.6) is 5.75 Å². The summed E-state index contributed by atoms with van der Waals surface area (Å²) < 4.78 is 31.6. The number of benzene rings is 1.